The third-order valence-corrected chi connectivity index (χ3v) is 6.26. The van der Waals surface area contributed by atoms with E-state index < -0.39 is 5.92 Å². The largest absolute Gasteiger partial charge is 0.497 e. The van der Waals surface area contributed by atoms with Crippen molar-refractivity contribution in [1.29, 1.82) is 0 Å². The van der Waals surface area contributed by atoms with Crippen LogP contribution >= 0.6 is 11.8 Å². The van der Waals surface area contributed by atoms with Gasteiger partial charge in [0, 0.05) is 41.8 Å². The lowest BCUT2D eigenvalue weighted by Crippen LogP contribution is -2.31. The van der Waals surface area contributed by atoms with E-state index in [1.807, 2.05) is 28.9 Å². The van der Waals surface area contributed by atoms with E-state index in [4.69, 9.17) is 9.84 Å². The summed E-state index contributed by atoms with van der Waals surface area (Å²) in [6.07, 6.45) is 0.198. The minimum atomic E-state index is -0.401. The van der Waals surface area contributed by atoms with Crippen molar-refractivity contribution in [2.75, 3.05) is 23.9 Å². The van der Waals surface area contributed by atoms with Gasteiger partial charge in [-0.1, -0.05) is 6.07 Å². The number of carbonyl (C=O) groups excluding carboxylic acids is 2. The average molecular weight is 415 g/mol. The van der Waals surface area contributed by atoms with E-state index >= 15 is 0 Å². The zero-order valence-corrected chi connectivity index (χ0v) is 18.0. The minimum absolute atomic E-state index is 0.0523. The molecule has 3 heterocycles. The second kappa shape index (κ2) is 7.40. The monoisotopic (exact) mass is 414 g/mol. The predicted molar refractivity (Wildman–Crippen MR) is 114 cm³/mol. The molecule has 0 saturated carbocycles. The fourth-order valence-electron chi connectivity index (χ4n) is 3.76. The number of amides is 2. The summed E-state index contributed by atoms with van der Waals surface area (Å²) < 4.78 is 7.16. The number of methoxy groups -OCH3 is 1. The zero-order chi connectivity index (χ0) is 20.8. The Bertz CT molecular complexity index is 963. The Labute approximate surface area is 174 Å². The number of nitrogens with one attached hydrogen (secondary N) is 1. The Morgan fingerprint density at radius 2 is 2.10 bits per heavy atom. The molecule has 0 spiro atoms. The number of carbonyl (C=O) groups is 2. The number of ether oxygens (including phenoxy) is 1. The molecule has 2 aliphatic rings. The van der Waals surface area contributed by atoms with Gasteiger partial charge >= 0.3 is 0 Å². The third kappa shape index (κ3) is 3.73. The average Bonchev–Trinajstić information content (AvgIpc) is 3.37. The summed E-state index contributed by atoms with van der Waals surface area (Å²) in [5.74, 6) is 2.59. The van der Waals surface area contributed by atoms with E-state index in [0.717, 1.165) is 34.3 Å². The van der Waals surface area contributed by atoms with Crippen LogP contribution < -0.4 is 15.0 Å². The van der Waals surface area contributed by atoms with E-state index in [1.165, 1.54) is 0 Å². The van der Waals surface area contributed by atoms with Crippen LogP contribution in [0, 0.1) is 5.92 Å². The quantitative estimate of drug-likeness (QED) is 0.830. The molecule has 0 bridgehead atoms. The minimum Gasteiger partial charge on any atom is -0.497 e. The van der Waals surface area contributed by atoms with Crippen LogP contribution in [0.25, 0.3) is 0 Å². The highest BCUT2D eigenvalue weighted by Crippen LogP contribution is 2.37. The number of thioether (sulfide) groups is 1. The molecule has 8 heteroatoms. The molecule has 1 atom stereocenters. The maximum Gasteiger partial charge on any atom is 0.230 e. The zero-order valence-electron chi connectivity index (χ0n) is 17.2. The fourth-order valence-corrected chi connectivity index (χ4v) is 4.79. The molecule has 0 radical (unpaired) electrons. The highest BCUT2D eigenvalue weighted by Gasteiger charge is 2.37. The molecule has 29 heavy (non-hydrogen) atoms. The lowest BCUT2D eigenvalue weighted by Gasteiger charge is -2.24. The van der Waals surface area contributed by atoms with Crippen LogP contribution in [-0.4, -0.2) is 35.2 Å². The number of benzene rings is 1. The first-order valence-corrected chi connectivity index (χ1v) is 10.9. The van der Waals surface area contributed by atoms with Gasteiger partial charge in [0.25, 0.3) is 0 Å². The van der Waals surface area contributed by atoms with Crippen molar-refractivity contribution in [2.24, 2.45) is 5.92 Å². The molecule has 0 unspecified atom stereocenters. The number of rotatable bonds is 4. The Hall–Kier alpha value is -2.48. The molecule has 2 aromatic rings. The topological polar surface area (TPSA) is 76.5 Å². The van der Waals surface area contributed by atoms with Gasteiger partial charge in [0.1, 0.15) is 11.6 Å². The summed E-state index contributed by atoms with van der Waals surface area (Å²) in [6.45, 7) is 6.57. The van der Waals surface area contributed by atoms with Gasteiger partial charge in [0.05, 0.1) is 24.3 Å². The van der Waals surface area contributed by atoms with E-state index in [2.05, 4.69) is 26.1 Å². The van der Waals surface area contributed by atoms with E-state index in [9.17, 15) is 9.59 Å². The predicted octanol–water partition coefficient (Wildman–Crippen LogP) is 3.39. The molecule has 1 fully saturated rings. The standard InChI is InChI=1S/C21H26N4O3S/c1-21(2,3)25-19(16-11-29-12-17(16)23-25)22-20(27)13-8-18(26)24(10-13)14-6-5-7-15(9-14)28-4/h5-7,9,13H,8,10-12H2,1-4H3,(H,22,27)/t13-/m1/s1. The molecule has 1 N–H and O–H groups in total. The van der Waals surface area contributed by atoms with Crippen molar-refractivity contribution in [1.82, 2.24) is 9.78 Å². The number of nitrogens with zero attached hydrogens (tertiary/aromatic N) is 3. The summed E-state index contributed by atoms with van der Waals surface area (Å²) in [5, 5.41) is 7.83. The number of hydrogen-bond donors (Lipinski definition) is 1. The van der Waals surface area contributed by atoms with Crippen LogP contribution in [0.2, 0.25) is 0 Å². The van der Waals surface area contributed by atoms with Gasteiger partial charge in [-0.05, 0) is 32.9 Å². The number of anilines is 2. The van der Waals surface area contributed by atoms with E-state index in [0.29, 0.717) is 12.3 Å². The van der Waals surface area contributed by atoms with Crippen LogP contribution in [0.3, 0.4) is 0 Å². The maximum atomic E-state index is 13.1. The van der Waals surface area contributed by atoms with Gasteiger partial charge in [0.15, 0.2) is 0 Å². The van der Waals surface area contributed by atoms with Crippen molar-refractivity contribution in [3.05, 3.63) is 35.5 Å². The Balaban J connectivity index is 1.54. The van der Waals surface area contributed by atoms with E-state index in [1.54, 1.807) is 23.8 Å². The molecule has 154 valence electrons. The first kappa shape index (κ1) is 19.8. The van der Waals surface area contributed by atoms with Gasteiger partial charge in [-0.2, -0.15) is 16.9 Å². The molecule has 1 aromatic heterocycles. The van der Waals surface area contributed by atoms with Crippen molar-refractivity contribution < 1.29 is 14.3 Å². The van der Waals surface area contributed by atoms with Crippen LogP contribution in [0.15, 0.2) is 24.3 Å². The summed E-state index contributed by atoms with van der Waals surface area (Å²) in [4.78, 5) is 27.3. The van der Waals surface area contributed by atoms with Gasteiger partial charge < -0.3 is 15.0 Å². The maximum absolute atomic E-state index is 13.1. The summed E-state index contributed by atoms with van der Waals surface area (Å²) in [5.41, 5.74) is 2.66. The Morgan fingerprint density at radius 1 is 1.31 bits per heavy atom. The molecule has 1 aromatic carbocycles. The molecule has 4 rings (SSSR count). The SMILES string of the molecule is COc1cccc(N2C[C@H](C(=O)Nc3c4c(nn3C(C)(C)C)CSC4)CC2=O)c1. The van der Waals surface area contributed by atoms with Gasteiger partial charge in [0.2, 0.25) is 11.8 Å². The van der Waals surface area contributed by atoms with Crippen molar-refractivity contribution in [3.63, 3.8) is 0 Å². The van der Waals surface area contributed by atoms with Crippen LogP contribution in [0.5, 0.6) is 5.75 Å². The lowest BCUT2D eigenvalue weighted by atomic mass is 10.1. The molecule has 1 saturated heterocycles. The fraction of sp³-hybridized carbons (Fsp3) is 0.476. The van der Waals surface area contributed by atoms with Gasteiger partial charge in [-0.25, -0.2) is 4.68 Å². The summed E-state index contributed by atoms with van der Waals surface area (Å²) in [6, 6.07) is 7.36. The molecule has 2 amide bonds. The molecule has 2 aliphatic heterocycles. The molecular weight excluding hydrogens is 388 g/mol. The Kier molecular flexibility index (Phi) is 5.06. The van der Waals surface area contributed by atoms with Crippen molar-refractivity contribution >= 4 is 35.1 Å². The summed E-state index contributed by atoms with van der Waals surface area (Å²) in [7, 11) is 1.59. The smallest absolute Gasteiger partial charge is 0.230 e. The van der Waals surface area contributed by atoms with Crippen molar-refractivity contribution in [3.8, 4) is 5.75 Å². The van der Waals surface area contributed by atoms with Crippen molar-refractivity contribution in [2.45, 2.75) is 44.2 Å². The van der Waals surface area contributed by atoms with Crippen LogP contribution in [0.4, 0.5) is 11.5 Å². The van der Waals surface area contributed by atoms with Gasteiger partial charge in [-0.15, -0.1) is 0 Å². The van der Waals surface area contributed by atoms with Gasteiger partial charge in [-0.3, -0.25) is 9.59 Å². The van der Waals surface area contributed by atoms with E-state index in [-0.39, 0.29) is 23.8 Å². The Morgan fingerprint density at radius 3 is 2.83 bits per heavy atom. The third-order valence-electron chi connectivity index (χ3n) is 5.29. The normalized spacial score (nSPS) is 18.8. The highest BCUT2D eigenvalue weighted by atomic mass is 32.2. The molecule has 7 nitrogen and oxygen atoms in total. The first-order chi connectivity index (χ1) is 13.8. The first-order valence-electron chi connectivity index (χ1n) is 9.72. The lowest BCUT2D eigenvalue weighted by molar-refractivity contribution is -0.122. The number of hydrogen-bond acceptors (Lipinski definition) is 5. The molecule has 0 aliphatic carbocycles. The number of fused-ring (bicyclic) bond motifs is 1. The van der Waals surface area contributed by atoms with Crippen LogP contribution in [-0.2, 0) is 26.6 Å². The summed E-state index contributed by atoms with van der Waals surface area (Å²) >= 11 is 1.80. The highest BCUT2D eigenvalue weighted by molar-refractivity contribution is 7.98. The van der Waals surface area contributed by atoms with Crippen LogP contribution in [0.1, 0.15) is 38.4 Å². The second-order valence-corrected chi connectivity index (χ2v) is 9.43. The molecular formula is C21H26N4O3S. The number of aromatic nitrogens is 2. The second-order valence-electron chi connectivity index (χ2n) is 8.45.